The van der Waals surface area contributed by atoms with E-state index in [9.17, 15) is 4.79 Å². The predicted molar refractivity (Wildman–Crippen MR) is 66.1 cm³/mol. The van der Waals surface area contributed by atoms with E-state index in [1.54, 1.807) is 0 Å². The van der Waals surface area contributed by atoms with Crippen LogP contribution >= 0.6 is 0 Å². The highest BCUT2D eigenvalue weighted by molar-refractivity contribution is 5.78. The SMILES string of the molecule is CCN(CC)C(=O)CN1CC(C)CC(N)C1. The Morgan fingerprint density at radius 1 is 1.38 bits per heavy atom. The Kier molecular flexibility index (Phi) is 5.22. The summed E-state index contributed by atoms with van der Waals surface area (Å²) in [6.45, 7) is 10.2. The van der Waals surface area contributed by atoms with Gasteiger partial charge in [0.25, 0.3) is 0 Å². The molecule has 0 aliphatic carbocycles. The molecule has 0 aromatic carbocycles. The lowest BCUT2D eigenvalue weighted by Gasteiger charge is -2.35. The van der Waals surface area contributed by atoms with E-state index in [0.29, 0.717) is 12.5 Å². The maximum absolute atomic E-state index is 11.9. The zero-order valence-corrected chi connectivity index (χ0v) is 10.8. The highest BCUT2D eigenvalue weighted by Gasteiger charge is 2.24. The standard InChI is InChI=1S/C12H25N3O/c1-4-15(5-2)12(16)9-14-7-10(3)6-11(13)8-14/h10-11H,4-9,13H2,1-3H3. The molecule has 0 spiro atoms. The van der Waals surface area contributed by atoms with Gasteiger partial charge in [-0.2, -0.15) is 0 Å². The van der Waals surface area contributed by atoms with Crippen LogP contribution in [0.5, 0.6) is 0 Å². The summed E-state index contributed by atoms with van der Waals surface area (Å²) in [5, 5.41) is 0. The maximum Gasteiger partial charge on any atom is 0.236 e. The molecule has 0 aromatic heterocycles. The predicted octanol–water partition coefficient (Wildman–Crippen LogP) is 0.524. The summed E-state index contributed by atoms with van der Waals surface area (Å²) in [6, 6.07) is 0.230. The molecule has 1 aliphatic heterocycles. The molecule has 1 saturated heterocycles. The Labute approximate surface area is 98.8 Å². The van der Waals surface area contributed by atoms with Crippen molar-refractivity contribution in [3.63, 3.8) is 0 Å². The van der Waals surface area contributed by atoms with Crippen molar-refractivity contribution < 1.29 is 4.79 Å². The molecule has 2 N–H and O–H groups in total. The number of piperidine rings is 1. The van der Waals surface area contributed by atoms with Gasteiger partial charge in [-0.05, 0) is 26.2 Å². The summed E-state index contributed by atoms with van der Waals surface area (Å²) < 4.78 is 0. The number of nitrogens with zero attached hydrogens (tertiary/aromatic N) is 2. The Balaban J connectivity index is 2.43. The molecule has 1 heterocycles. The first-order chi connectivity index (χ1) is 7.56. The van der Waals surface area contributed by atoms with E-state index in [4.69, 9.17) is 5.73 Å². The van der Waals surface area contributed by atoms with Gasteiger partial charge in [0.2, 0.25) is 5.91 Å². The molecular formula is C12H25N3O. The smallest absolute Gasteiger partial charge is 0.236 e. The second kappa shape index (κ2) is 6.21. The van der Waals surface area contributed by atoms with Crippen LogP contribution in [-0.2, 0) is 4.79 Å². The molecule has 1 fully saturated rings. The van der Waals surface area contributed by atoms with Crippen LogP contribution in [-0.4, -0.2) is 54.5 Å². The second-order valence-corrected chi connectivity index (χ2v) is 4.86. The van der Waals surface area contributed by atoms with Crippen molar-refractivity contribution in [2.24, 2.45) is 11.7 Å². The molecule has 1 rings (SSSR count). The first kappa shape index (κ1) is 13.5. The Hall–Kier alpha value is -0.610. The second-order valence-electron chi connectivity index (χ2n) is 4.86. The molecule has 1 amide bonds. The van der Waals surface area contributed by atoms with Gasteiger partial charge in [0, 0.05) is 32.2 Å². The lowest BCUT2D eigenvalue weighted by atomic mass is 9.97. The van der Waals surface area contributed by atoms with Crippen LogP contribution in [0.2, 0.25) is 0 Å². The quantitative estimate of drug-likeness (QED) is 0.762. The summed E-state index contributed by atoms with van der Waals surface area (Å²) in [7, 11) is 0. The fraction of sp³-hybridized carbons (Fsp3) is 0.917. The lowest BCUT2D eigenvalue weighted by molar-refractivity contribution is -0.132. The lowest BCUT2D eigenvalue weighted by Crippen LogP contribution is -2.50. The average molecular weight is 227 g/mol. The third kappa shape index (κ3) is 3.76. The van der Waals surface area contributed by atoms with Gasteiger partial charge in [0.05, 0.1) is 6.54 Å². The minimum Gasteiger partial charge on any atom is -0.342 e. The first-order valence-corrected chi connectivity index (χ1v) is 6.32. The largest absolute Gasteiger partial charge is 0.342 e. The number of amides is 1. The van der Waals surface area contributed by atoms with Gasteiger partial charge in [0.15, 0.2) is 0 Å². The van der Waals surface area contributed by atoms with Crippen molar-refractivity contribution in [1.82, 2.24) is 9.80 Å². The molecule has 0 radical (unpaired) electrons. The summed E-state index contributed by atoms with van der Waals surface area (Å²) >= 11 is 0. The minimum absolute atomic E-state index is 0.228. The molecule has 0 saturated carbocycles. The highest BCUT2D eigenvalue weighted by Crippen LogP contribution is 2.14. The zero-order chi connectivity index (χ0) is 12.1. The van der Waals surface area contributed by atoms with E-state index in [1.165, 1.54) is 0 Å². The maximum atomic E-state index is 11.9. The number of likely N-dealkylation sites (N-methyl/N-ethyl adjacent to an activating group) is 1. The van der Waals surface area contributed by atoms with Gasteiger partial charge in [-0.1, -0.05) is 6.92 Å². The third-order valence-electron chi connectivity index (χ3n) is 3.24. The number of likely N-dealkylation sites (tertiary alicyclic amines) is 1. The van der Waals surface area contributed by atoms with Crippen molar-refractivity contribution in [2.45, 2.75) is 33.2 Å². The average Bonchev–Trinajstić information content (AvgIpc) is 2.17. The van der Waals surface area contributed by atoms with Gasteiger partial charge < -0.3 is 10.6 Å². The molecule has 4 nitrogen and oxygen atoms in total. The van der Waals surface area contributed by atoms with Crippen LogP contribution in [0.15, 0.2) is 0 Å². The molecule has 2 atom stereocenters. The first-order valence-electron chi connectivity index (χ1n) is 6.32. The Bertz CT molecular complexity index is 218. The fourth-order valence-electron chi connectivity index (χ4n) is 2.51. The van der Waals surface area contributed by atoms with Crippen molar-refractivity contribution in [3.8, 4) is 0 Å². The summed E-state index contributed by atoms with van der Waals surface area (Å²) in [5.41, 5.74) is 5.97. The zero-order valence-electron chi connectivity index (χ0n) is 10.8. The van der Waals surface area contributed by atoms with E-state index in [0.717, 1.165) is 32.6 Å². The van der Waals surface area contributed by atoms with Gasteiger partial charge in [-0.15, -0.1) is 0 Å². The van der Waals surface area contributed by atoms with Gasteiger partial charge in [-0.25, -0.2) is 0 Å². The van der Waals surface area contributed by atoms with Gasteiger partial charge >= 0.3 is 0 Å². The molecule has 16 heavy (non-hydrogen) atoms. The number of nitrogens with two attached hydrogens (primary N) is 1. The van der Waals surface area contributed by atoms with Crippen molar-refractivity contribution in [1.29, 1.82) is 0 Å². The van der Waals surface area contributed by atoms with E-state index in [2.05, 4.69) is 11.8 Å². The van der Waals surface area contributed by atoms with Crippen molar-refractivity contribution in [2.75, 3.05) is 32.7 Å². The normalized spacial score (nSPS) is 26.8. The van der Waals surface area contributed by atoms with E-state index in [1.807, 2.05) is 18.7 Å². The molecule has 0 bridgehead atoms. The molecular weight excluding hydrogens is 202 g/mol. The monoisotopic (exact) mass is 227 g/mol. The molecule has 1 aliphatic rings. The number of hydrogen-bond donors (Lipinski definition) is 1. The van der Waals surface area contributed by atoms with Crippen molar-refractivity contribution in [3.05, 3.63) is 0 Å². The summed E-state index contributed by atoms with van der Waals surface area (Å²) in [5.74, 6) is 0.833. The third-order valence-corrected chi connectivity index (χ3v) is 3.24. The van der Waals surface area contributed by atoms with E-state index >= 15 is 0 Å². The van der Waals surface area contributed by atoms with Crippen LogP contribution in [0, 0.1) is 5.92 Å². The van der Waals surface area contributed by atoms with E-state index < -0.39 is 0 Å². The van der Waals surface area contributed by atoms with E-state index in [-0.39, 0.29) is 11.9 Å². The summed E-state index contributed by atoms with van der Waals surface area (Å²) in [6.07, 6.45) is 1.08. The number of hydrogen-bond acceptors (Lipinski definition) is 3. The van der Waals surface area contributed by atoms with Crippen molar-refractivity contribution >= 4 is 5.91 Å². The Morgan fingerprint density at radius 2 is 2.00 bits per heavy atom. The van der Waals surface area contributed by atoms with Crippen LogP contribution < -0.4 is 5.73 Å². The number of carbonyl (C=O) groups is 1. The molecule has 0 aromatic rings. The Morgan fingerprint density at radius 3 is 2.50 bits per heavy atom. The van der Waals surface area contributed by atoms with Crippen LogP contribution in [0.25, 0.3) is 0 Å². The van der Waals surface area contributed by atoms with Crippen LogP contribution in [0.4, 0.5) is 0 Å². The van der Waals surface area contributed by atoms with Crippen LogP contribution in [0.3, 0.4) is 0 Å². The number of rotatable bonds is 4. The van der Waals surface area contributed by atoms with Gasteiger partial charge in [0.1, 0.15) is 0 Å². The minimum atomic E-state index is 0.228. The summed E-state index contributed by atoms with van der Waals surface area (Å²) in [4.78, 5) is 16.0. The molecule has 94 valence electrons. The molecule has 2 unspecified atom stereocenters. The van der Waals surface area contributed by atoms with Crippen LogP contribution in [0.1, 0.15) is 27.2 Å². The van der Waals surface area contributed by atoms with Gasteiger partial charge in [-0.3, -0.25) is 9.69 Å². The fourth-order valence-corrected chi connectivity index (χ4v) is 2.51. The topological polar surface area (TPSA) is 49.6 Å². The number of carbonyl (C=O) groups excluding carboxylic acids is 1. The highest BCUT2D eigenvalue weighted by atomic mass is 16.2. The molecule has 4 heteroatoms.